The van der Waals surface area contributed by atoms with Gasteiger partial charge in [0.05, 0.1) is 0 Å². The average Bonchev–Trinajstić information content (AvgIpc) is 2.81. The lowest BCUT2D eigenvalue weighted by molar-refractivity contribution is -0.0498. The van der Waals surface area contributed by atoms with Gasteiger partial charge in [-0.05, 0) is 37.0 Å². The van der Waals surface area contributed by atoms with Gasteiger partial charge in [-0.1, -0.05) is 12.5 Å². The van der Waals surface area contributed by atoms with Crippen molar-refractivity contribution >= 4 is 5.91 Å². The van der Waals surface area contributed by atoms with Crippen molar-refractivity contribution in [3.63, 3.8) is 0 Å². The molecule has 1 fully saturated rings. The Balaban J connectivity index is 1.91. The van der Waals surface area contributed by atoms with Crippen LogP contribution in [0, 0.1) is 5.92 Å². The molecule has 6 heteroatoms. The van der Waals surface area contributed by atoms with Crippen molar-refractivity contribution in [1.29, 1.82) is 0 Å². The van der Waals surface area contributed by atoms with E-state index in [1.54, 1.807) is 6.07 Å². The Hall–Kier alpha value is -1.69. The molecule has 1 aliphatic rings. The molecule has 1 saturated carbocycles. The molecule has 0 radical (unpaired) electrons. The molecule has 1 aromatic rings. The summed E-state index contributed by atoms with van der Waals surface area (Å²) in [4.78, 5) is 12.0. The van der Waals surface area contributed by atoms with Crippen LogP contribution in [0.3, 0.4) is 0 Å². The summed E-state index contributed by atoms with van der Waals surface area (Å²) >= 11 is 0. The molecule has 110 valence electrons. The van der Waals surface area contributed by atoms with Crippen LogP contribution >= 0.6 is 0 Å². The molecule has 3 N–H and O–H groups in total. The minimum Gasteiger partial charge on any atom is -0.435 e. The minimum absolute atomic E-state index is 0.0229. The third-order valence-electron chi connectivity index (χ3n) is 3.56. The SMILES string of the molecule is NC1CCCC1CNC(=O)c1cccc(OC(F)F)c1. The Morgan fingerprint density at radius 3 is 2.90 bits per heavy atom. The topological polar surface area (TPSA) is 64.3 Å². The zero-order valence-electron chi connectivity index (χ0n) is 11.0. The molecule has 0 heterocycles. The number of carbonyl (C=O) groups is 1. The summed E-state index contributed by atoms with van der Waals surface area (Å²) < 4.78 is 28.5. The van der Waals surface area contributed by atoms with Gasteiger partial charge in [-0.3, -0.25) is 4.79 Å². The normalized spacial score (nSPS) is 22.0. The number of benzene rings is 1. The summed E-state index contributed by atoms with van der Waals surface area (Å²) in [7, 11) is 0. The number of halogens is 2. The first kappa shape index (κ1) is 14.7. The fraction of sp³-hybridized carbons (Fsp3) is 0.500. The van der Waals surface area contributed by atoms with Crippen LogP contribution in [0.25, 0.3) is 0 Å². The number of ether oxygens (including phenoxy) is 1. The Morgan fingerprint density at radius 1 is 1.45 bits per heavy atom. The maximum atomic E-state index is 12.1. The van der Waals surface area contributed by atoms with E-state index in [-0.39, 0.29) is 17.7 Å². The van der Waals surface area contributed by atoms with Crippen LogP contribution in [0.1, 0.15) is 29.6 Å². The standard InChI is InChI=1S/C14H18F2N2O2/c15-14(16)20-11-5-1-3-9(7-11)13(19)18-8-10-4-2-6-12(10)17/h1,3,5,7,10,12,14H,2,4,6,8,17H2,(H,18,19). The van der Waals surface area contributed by atoms with Crippen molar-refractivity contribution in [2.75, 3.05) is 6.54 Å². The number of nitrogens with one attached hydrogen (secondary N) is 1. The van der Waals surface area contributed by atoms with Gasteiger partial charge in [0.25, 0.3) is 5.91 Å². The van der Waals surface area contributed by atoms with Crippen LogP contribution < -0.4 is 15.8 Å². The molecule has 0 aliphatic heterocycles. The zero-order valence-corrected chi connectivity index (χ0v) is 11.0. The van der Waals surface area contributed by atoms with E-state index in [2.05, 4.69) is 10.1 Å². The van der Waals surface area contributed by atoms with E-state index >= 15 is 0 Å². The first-order valence-electron chi connectivity index (χ1n) is 6.65. The highest BCUT2D eigenvalue weighted by atomic mass is 19.3. The molecule has 1 aliphatic carbocycles. The van der Waals surface area contributed by atoms with Gasteiger partial charge in [-0.2, -0.15) is 8.78 Å². The highest BCUT2D eigenvalue weighted by Crippen LogP contribution is 2.23. The van der Waals surface area contributed by atoms with E-state index < -0.39 is 6.61 Å². The number of amides is 1. The predicted molar refractivity (Wildman–Crippen MR) is 70.7 cm³/mol. The fourth-order valence-corrected chi connectivity index (χ4v) is 2.46. The lowest BCUT2D eigenvalue weighted by atomic mass is 10.0. The van der Waals surface area contributed by atoms with Crippen LogP contribution in [0.4, 0.5) is 8.78 Å². The summed E-state index contributed by atoms with van der Waals surface area (Å²) in [6, 6.07) is 5.88. The highest BCUT2D eigenvalue weighted by Gasteiger charge is 2.24. The lowest BCUT2D eigenvalue weighted by Crippen LogP contribution is -2.36. The maximum Gasteiger partial charge on any atom is 0.387 e. The summed E-state index contributed by atoms with van der Waals surface area (Å²) in [6.07, 6.45) is 3.08. The number of hydrogen-bond acceptors (Lipinski definition) is 3. The van der Waals surface area contributed by atoms with E-state index in [0.717, 1.165) is 19.3 Å². The van der Waals surface area contributed by atoms with Gasteiger partial charge in [-0.25, -0.2) is 0 Å². The van der Waals surface area contributed by atoms with E-state index in [9.17, 15) is 13.6 Å². The van der Waals surface area contributed by atoms with Gasteiger partial charge in [0.2, 0.25) is 0 Å². The molecule has 2 unspecified atom stereocenters. The zero-order chi connectivity index (χ0) is 14.5. The first-order chi connectivity index (χ1) is 9.56. The lowest BCUT2D eigenvalue weighted by Gasteiger charge is -2.16. The number of rotatable bonds is 5. The van der Waals surface area contributed by atoms with E-state index in [0.29, 0.717) is 18.0 Å². The quantitative estimate of drug-likeness (QED) is 0.870. The highest BCUT2D eigenvalue weighted by molar-refractivity contribution is 5.94. The molecular formula is C14H18F2N2O2. The van der Waals surface area contributed by atoms with Gasteiger partial charge in [-0.15, -0.1) is 0 Å². The Kier molecular flexibility index (Phi) is 4.89. The third kappa shape index (κ3) is 3.90. The van der Waals surface area contributed by atoms with E-state index in [1.165, 1.54) is 18.2 Å². The monoisotopic (exact) mass is 284 g/mol. The van der Waals surface area contributed by atoms with Crippen LogP contribution in [0.2, 0.25) is 0 Å². The molecule has 0 bridgehead atoms. The number of carbonyl (C=O) groups excluding carboxylic acids is 1. The van der Waals surface area contributed by atoms with Crippen LogP contribution in [0.15, 0.2) is 24.3 Å². The molecule has 4 nitrogen and oxygen atoms in total. The molecule has 2 rings (SSSR count). The summed E-state index contributed by atoms with van der Waals surface area (Å²) in [5, 5.41) is 2.79. The van der Waals surface area contributed by atoms with Gasteiger partial charge in [0, 0.05) is 18.2 Å². The van der Waals surface area contributed by atoms with Gasteiger partial charge in [0.15, 0.2) is 0 Å². The molecular weight excluding hydrogens is 266 g/mol. The van der Waals surface area contributed by atoms with Crippen molar-refractivity contribution in [3.05, 3.63) is 29.8 Å². The molecule has 1 aromatic carbocycles. The number of nitrogens with two attached hydrogens (primary N) is 1. The Labute approximate surface area is 116 Å². The molecule has 0 saturated heterocycles. The van der Waals surface area contributed by atoms with Crippen molar-refractivity contribution in [3.8, 4) is 5.75 Å². The number of hydrogen-bond donors (Lipinski definition) is 2. The Morgan fingerprint density at radius 2 is 2.25 bits per heavy atom. The fourth-order valence-electron chi connectivity index (χ4n) is 2.46. The van der Waals surface area contributed by atoms with Gasteiger partial charge in [0.1, 0.15) is 5.75 Å². The summed E-state index contributed by atoms with van der Waals surface area (Å²) in [5.41, 5.74) is 6.23. The smallest absolute Gasteiger partial charge is 0.387 e. The van der Waals surface area contributed by atoms with Crippen LogP contribution in [-0.4, -0.2) is 25.1 Å². The van der Waals surface area contributed by atoms with E-state index in [1.807, 2.05) is 0 Å². The predicted octanol–water partition coefficient (Wildman–Crippen LogP) is 2.15. The maximum absolute atomic E-state index is 12.1. The second kappa shape index (κ2) is 6.65. The molecule has 20 heavy (non-hydrogen) atoms. The average molecular weight is 284 g/mol. The molecule has 0 aromatic heterocycles. The van der Waals surface area contributed by atoms with Crippen molar-refractivity contribution in [2.24, 2.45) is 11.7 Å². The summed E-state index contributed by atoms with van der Waals surface area (Å²) in [5.74, 6) is -0.0338. The van der Waals surface area contributed by atoms with E-state index in [4.69, 9.17) is 5.73 Å². The molecule has 1 amide bonds. The van der Waals surface area contributed by atoms with Gasteiger partial charge >= 0.3 is 6.61 Å². The second-order valence-electron chi connectivity index (χ2n) is 4.97. The van der Waals surface area contributed by atoms with Crippen molar-refractivity contribution in [2.45, 2.75) is 31.9 Å². The minimum atomic E-state index is -2.90. The summed E-state index contributed by atoms with van der Waals surface area (Å²) in [6.45, 7) is -2.38. The second-order valence-corrected chi connectivity index (χ2v) is 4.97. The van der Waals surface area contributed by atoms with Crippen molar-refractivity contribution in [1.82, 2.24) is 5.32 Å². The van der Waals surface area contributed by atoms with Crippen molar-refractivity contribution < 1.29 is 18.3 Å². The molecule has 2 atom stereocenters. The largest absolute Gasteiger partial charge is 0.435 e. The first-order valence-corrected chi connectivity index (χ1v) is 6.65. The van der Waals surface area contributed by atoms with Crippen LogP contribution in [0.5, 0.6) is 5.75 Å². The third-order valence-corrected chi connectivity index (χ3v) is 3.56. The van der Waals surface area contributed by atoms with Crippen LogP contribution in [-0.2, 0) is 0 Å². The molecule has 0 spiro atoms. The Bertz CT molecular complexity index is 468. The van der Waals surface area contributed by atoms with Gasteiger partial charge < -0.3 is 15.8 Å². The number of alkyl halides is 2.